The summed E-state index contributed by atoms with van der Waals surface area (Å²) in [6.07, 6.45) is 0.976. The highest BCUT2D eigenvalue weighted by atomic mass is 32.2. The molecule has 0 saturated carbocycles. The van der Waals surface area contributed by atoms with Gasteiger partial charge in [-0.1, -0.05) is 26.0 Å². The number of esters is 1. The number of rotatable bonds is 8. The summed E-state index contributed by atoms with van der Waals surface area (Å²) in [5.74, 6) is -0.653. The minimum atomic E-state index is -3.73. The number of benzene rings is 2. The Kier molecular flexibility index (Phi) is 7.17. The summed E-state index contributed by atoms with van der Waals surface area (Å²) in [5.41, 5.74) is 1.71. The number of carbonyl (C=O) groups excluding carboxylic acids is 2. The number of hydrogen-bond donors (Lipinski definition) is 2. The van der Waals surface area contributed by atoms with Crippen LogP contribution < -0.4 is 10.0 Å². The summed E-state index contributed by atoms with van der Waals surface area (Å²) in [6.45, 7) is 3.93. The van der Waals surface area contributed by atoms with Crippen LogP contribution in [0, 0.1) is 0 Å². The molecule has 0 aromatic heterocycles. The Bertz CT molecular complexity index is 922. The van der Waals surface area contributed by atoms with Gasteiger partial charge in [0.25, 0.3) is 15.9 Å². The number of nitrogens with one attached hydrogen (secondary N) is 2. The Labute approximate surface area is 165 Å². The van der Waals surface area contributed by atoms with Crippen molar-refractivity contribution >= 4 is 27.6 Å². The van der Waals surface area contributed by atoms with Crippen molar-refractivity contribution in [3.8, 4) is 0 Å². The molecule has 1 amide bonds. The Morgan fingerprint density at radius 3 is 2.18 bits per heavy atom. The predicted molar refractivity (Wildman–Crippen MR) is 107 cm³/mol. The molecule has 0 aliphatic carbocycles. The topological polar surface area (TPSA) is 102 Å². The van der Waals surface area contributed by atoms with Gasteiger partial charge in [0.1, 0.15) is 6.54 Å². The summed E-state index contributed by atoms with van der Waals surface area (Å²) < 4.78 is 32.0. The monoisotopic (exact) mass is 404 g/mol. The molecule has 7 nitrogen and oxygen atoms in total. The average molecular weight is 404 g/mol. The van der Waals surface area contributed by atoms with Gasteiger partial charge in [0.05, 0.1) is 12.0 Å². The van der Waals surface area contributed by atoms with Crippen molar-refractivity contribution in [2.75, 3.05) is 18.4 Å². The molecule has 0 radical (unpaired) electrons. The van der Waals surface area contributed by atoms with E-state index in [4.69, 9.17) is 0 Å². The lowest BCUT2D eigenvalue weighted by Gasteiger charge is -2.12. The molecule has 2 rings (SSSR count). The molecule has 0 heterocycles. The maximum atomic E-state index is 12.5. The molecule has 0 bridgehead atoms. The molecule has 0 aliphatic rings. The third-order valence-electron chi connectivity index (χ3n) is 4.39. The second-order valence-corrected chi connectivity index (χ2v) is 8.00. The SMILES string of the molecule is CC[C@@H](C)c1ccc(S(=O)(=O)Nc2ccc(C(=O)NCC(=O)OC)cc2)cc1. The molecular weight excluding hydrogens is 380 g/mol. The number of carbonyl (C=O) groups is 2. The first-order valence-corrected chi connectivity index (χ1v) is 10.3. The minimum absolute atomic E-state index is 0.166. The molecule has 2 N–H and O–H groups in total. The highest BCUT2D eigenvalue weighted by molar-refractivity contribution is 7.92. The number of ether oxygens (including phenoxy) is 1. The zero-order chi connectivity index (χ0) is 20.7. The summed E-state index contributed by atoms with van der Waals surface area (Å²) in [5, 5.41) is 2.41. The summed E-state index contributed by atoms with van der Waals surface area (Å²) >= 11 is 0. The normalized spacial score (nSPS) is 12.1. The van der Waals surface area contributed by atoms with Crippen LogP contribution in [0.1, 0.15) is 42.1 Å². The summed E-state index contributed by atoms with van der Waals surface area (Å²) in [7, 11) is -2.50. The first-order chi connectivity index (χ1) is 13.3. The van der Waals surface area contributed by atoms with Crippen molar-refractivity contribution in [2.45, 2.75) is 31.1 Å². The Hall–Kier alpha value is -2.87. The van der Waals surface area contributed by atoms with Gasteiger partial charge >= 0.3 is 5.97 Å². The fourth-order valence-corrected chi connectivity index (χ4v) is 3.50. The van der Waals surface area contributed by atoms with Crippen LogP contribution >= 0.6 is 0 Å². The van der Waals surface area contributed by atoms with Gasteiger partial charge in [-0.25, -0.2) is 8.42 Å². The van der Waals surface area contributed by atoms with Crippen LogP contribution in [0.15, 0.2) is 53.4 Å². The van der Waals surface area contributed by atoms with E-state index in [1.807, 2.05) is 12.1 Å². The Balaban J connectivity index is 2.06. The predicted octanol–water partition coefficient (Wildman–Crippen LogP) is 2.90. The van der Waals surface area contributed by atoms with E-state index >= 15 is 0 Å². The van der Waals surface area contributed by atoms with Crippen LogP contribution in [0.4, 0.5) is 5.69 Å². The molecule has 0 unspecified atom stereocenters. The van der Waals surface area contributed by atoms with Crippen LogP contribution in [-0.4, -0.2) is 33.9 Å². The Morgan fingerprint density at radius 1 is 1.04 bits per heavy atom. The van der Waals surface area contributed by atoms with E-state index in [0.717, 1.165) is 12.0 Å². The van der Waals surface area contributed by atoms with Gasteiger partial charge in [0, 0.05) is 11.3 Å². The minimum Gasteiger partial charge on any atom is -0.468 e. The number of amides is 1. The zero-order valence-corrected chi connectivity index (χ0v) is 16.9. The lowest BCUT2D eigenvalue weighted by atomic mass is 9.99. The maximum absolute atomic E-state index is 12.5. The molecule has 0 aliphatic heterocycles. The largest absolute Gasteiger partial charge is 0.468 e. The molecule has 0 spiro atoms. The molecule has 1 atom stereocenters. The quantitative estimate of drug-likeness (QED) is 0.659. The number of sulfonamides is 1. The molecule has 8 heteroatoms. The van der Waals surface area contributed by atoms with Crippen LogP contribution in [0.2, 0.25) is 0 Å². The lowest BCUT2D eigenvalue weighted by Crippen LogP contribution is -2.30. The van der Waals surface area contributed by atoms with Crippen LogP contribution in [0.3, 0.4) is 0 Å². The zero-order valence-electron chi connectivity index (χ0n) is 16.1. The number of anilines is 1. The molecule has 0 fully saturated rings. The van der Waals surface area contributed by atoms with Crippen molar-refractivity contribution in [3.05, 3.63) is 59.7 Å². The van der Waals surface area contributed by atoms with Gasteiger partial charge in [-0.05, 0) is 54.3 Å². The summed E-state index contributed by atoms with van der Waals surface area (Å²) in [6, 6.07) is 12.7. The Morgan fingerprint density at radius 2 is 1.64 bits per heavy atom. The molecular formula is C20H24N2O5S. The molecule has 2 aromatic carbocycles. The van der Waals surface area contributed by atoms with E-state index in [2.05, 4.69) is 28.6 Å². The highest BCUT2D eigenvalue weighted by Crippen LogP contribution is 2.22. The van der Waals surface area contributed by atoms with E-state index in [1.165, 1.54) is 31.4 Å². The second kappa shape index (κ2) is 9.36. The fourth-order valence-electron chi connectivity index (χ4n) is 2.44. The van der Waals surface area contributed by atoms with E-state index < -0.39 is 21.9 Å². The first-order valence-electron chi connectivity index (χ1n) is 8.84. The average Bonchev–Trinajstić information content (AvgIpc) is 2.71. The molecule has 2 aromatic rings. The fraction of sp³-hybridized carbons (Fsp3) is 0.300. The van der Waals surface area contributed by atoms with Gasteiger partial charge in [0.2, 0.25) is 0 Å². The third kappa shape index (κ3) is 5.56. The summed E-state index contributed by atoms with van der Waals surface area (Å²) in [4.78, 5) is 23.2. The van der Waals surface area contributed by atoms with Crippen molar-refractivity contribution in [1.29, 1.82) is 0 Å². The van der Waals surface area contributed by atoms with Crippen molar-refractivity contribution in [3.63, 3.8) is 0 Å². The van der Waals surface area contributed by atoms with E-state index in [1.54, 1.807) is 12.1 Å². The highest BCUT2D eigenvalue weighted by Gasteiger charge is 2.15. The number of hydrogen-bond acceptors (Lipinski definition) is 5. The van der Waals surface area contributed by atoms with Crippen LogP contribution in [0.5, 0.6) is 0 Å². The number of methoxy groups -OCH3 is 1. The molecule has 0 saturated heterocycles. The van der Waals surface area contributed by atoms with Crippen molar-refractivity contribution < 1.29 is 22.7 Å². The van der Waals surface area contributed by atoms with E-state index in [0.29, 0.717) is 17.2 Å². The van der Waals surface area contributed by atoms with E-state index in [-0.39, 0.29) is 11.4 Å². The van der Waals surface area contributed by atoms with Gasteiger partial charge in [0.15, 0.2) is 0 Å². The molecule has 150 valence electrons. The molecule has 28 heavy (non-hydrogen) atoms. The van der Waals surface area contributed by atoms with Gasteiger partial charge < -0.3 is 10.1 Å². The van der Waals surface area contributed by atoms with Gasteiger partial charge in [-0.2, -0.15) is 0 Å². The van der Waals surface area contributed by atoms with Crippen molar-refractivity contribution in [2.24, 2.45) is 0 Å². The maximum Gasteiger partial charge on any atom is 0.325 e. The van der Waals surface area contributed by atoms with E-state index in [9.17, 15) is 18.0 Å². The van der Waals surface area contributed by atoms with Crippen molar-refractivity contribution in [1.82, 2.24) is 5.32 Å². The van der Waals surface area contributed by atoms with Crippen LogP contribution in [-0.2, 0) is 19.6 Å². The third-order valence-corrected chi connectivity index (χ3v) is 5.79. The smallest absolute Gasteiger partial charge is 0.325 e. The van der Waals surface area contributed by atoms with Crippen LogP contribution in [0.25, 0.3) is 0 Å². The first kappa shape index (κ1) is 21.4. The second-order valence-electron chi connectivity index (χ2n) is 6.32. The lowest BCUT2D eigenvalue weighted by molar-refractivity contribution is -0.139. The van der Waals surface area contributed by atoms with Gasteiger partial charge in [-0.15, -0.1) is 0 Å². The van der Waals surface area contributed by atoms with Gasteiger partial charge in [-0.3, -0.25) is 14.3 Å². The standard InChI is InChI=1S/C20H24N2O5S/c1-4-14(2)15-7-11-18(12-8-15)28(25,26)22-17-9-5-16(6-10-17)20(24)21-13-19(23)27-3/h5-12,14,22H,4,13H2,1-3H3,(H,21,24)/t14-/m1/s1.